The molecular formula is C21H20ClNO. The first-order valence-electron chi connectivity index (χ1n) is 8.00. The Morgan fingerprint density at radius 1 is 0.708 bits per heavy atom. The number of nitrogens with one attached hydrogen (secondary N) is 1. The van der Waals surface area contributed by atoms with E-state index in [1.54, 1.807) is 0 Å². The molecule has 0 aliphatic carbocycles. The zero-order valence-electron chi connectivity index (χ0n) is 13.4. The molecule has 0 heterocycles. The molecule has 0 saturated carbocycles. The van der Waals surface area contributed by atoms with Crippen molar-refractivity contribution in [3.05, 3.63) is 101 Å². The number of ether oxygens (including phenoxy) is 1. The molecule has 0 aliphatic rings. The number of rotatable bonds is 7. The van der Waals surface area contributed by atoms with Gasteiger partial charge >= 0.3 is 0 Å². The molecule has 0 unspecified atom stereocenters. The van der Waals surface area contributed by atoms with Crippen molar-refractivity contribution in [3.8, 4) is 5.75 Å². The van der Waals surface area contributed by atoms with Gasteiger partial charge in [0.05, 0.1) is 0 Å². The normalized spacial score (nSPS) is 10.5. The predicted octanol–water partition coefficient (Wildman–Crippen LogP) is 5.21. The van der Waals surface area contributed by atoms with E-state index in [-0.39, 0.29) is 0 Å². The fourth-order valence-electron chi connectivity index (χ4n) is 2.48. The van der Waals surface area contributed by atoms with Gasteiger partial charge in [0.1, 0.15) is 12.4 Å². The van der Waals surface area contributed by atoms with Crippen LogP contribution >= 0.6 is 11.6 Å². The van der Waals surface area contributed by atoms with Crippen molar-refractivity contribution in [2.75, 3.05) is 0 Å². The average Bonchev–Trinajstić information content (AvgIpc) is 2.61. The maximum absolute atomic E-state index is 6.00. The fraction of sp³-hybridized carbons (Fsp3) is 0.143. The second-order valence-corrected chi connectivity index (χ2v) is 6.09. The van der Waals surface area contributed by atoms with Gasteiger partial charge in [0.15, 0.2) is 0 Å². The summed E-state index contributed by atoms with van der Waals surface area (Å²) in [5.41, 5.74) is 3.54. The van der Waals surface area contributed by atoms with Gasteiger partial charge in [-0.05, 0) is 41.0 Å². The minimum atomic E-state index is 0.584. The average molecular weight is 338 g/mol. The van der Waals surface area contributed by atoms with E-state index in [4.69, 9.17) is 16.3 Å². The molecule has 24 heavy (non-hydrogen) atoms. The highest BCUT2D eigenvalue weighted by Crippen LogP contribution is 2.16. The smallest absolute Gasteiger partial charge is 0.120 e. The third kappa shape index (κ3) is 5.12. The molecule has 3 aromatic carbocycles. The monoisotopic (exact) mass is 337 g/mol. The van der Waals surface area contributed by atoms with E-state index in [2.05, 4.69) is 35.6 Å². The zero-order chi connectivity index (χ0) is 16.6. The summed E-state index contributed by atoms with van der Waals surface area (Å²) in [7, 11) is 0. The van der Waals surface area contributed by atoms with E-state index >= 15 is 0 Å². The molecule has 0 aromatic heterocycles. The van der Waals surface area contributed by atoms with Crippen LogP contribution in [0.15, 0.2) is 78.9 Å². The highest BCUT2D eigenvalue weighted by molar-refractivity contribution is 6.30. The van der Waals surface area contributed by atoms with Crippen LogP contribution in [0.25, 0.3) is 0 Å². The Kier molecular flexibility index (Phi) is 5.89. The van der Waals surface area contributed by atoms with Gasteiger partial charge in [-0.25, -0.2) is 0 Å². The van der Waals surface area contributed by atoms with E-state index in [1.165, 1.54) is 16.7 Å². The largest absolute Gasteiger partial charge is 0.489 e. The Balaban J connectivity index is 1.51. The summed E-state index contributed by atoms with van der Waals surface area (Å²) in [6, 6.07) is 26.3. The zero-order valence-corrected chi connectivity index (χ0v) is 14.2. The van der Waals surface area contributed by atoms with Crippen LogP contribution in [0.4, 0.5) is 0 Å². The molecule has 1 N–H and O–H groups in total. The van der Waals surface area contributed by atoms with Crippen molar-refractivity contribution in [2.45, 2.75) is 19.7 Å². The number of halogens is 1. The van der Waals surface area contributed by atoms with Crippen LogP contribution in [0, 0.1) is 0 Å². The first-order valence-corrected chi connectivity index (χ1v) is 8.38. The molecule has 0 bridgehead atoms. The molecule has 0 aliphatic heterocycles. The molecular weight excluding hydrogens is 318 g/mol. The lowest BCUT2D eigenvalue weighted by molar-refractivity contribution is 0.306. The van der Waals surface area contributed by atoms with Crippen LogP contribution in [0.3, 0.4) is 0 Å². The Bertz CT molecular complexity index is 774. The lowest BCUT2D eigenvalue weighted by Gasteiger charge is -2.09. The van der Waals surface area contributed by atoms with Crippen molar-refractivity contribution in [3.63, 3.8) is 0 Å². The van der Waals surface area contributed by atoms with Crippen molar-refractivity contribution < 1.29 is 4.74 Å². The molecule has 122 valence electrons. The SMILES string of the molecule is Clc1cccc(CNCc2cccc(OCc3ccccc3)c2)c1. The molecule has 0 saturated heterocycles. The lowest BCUT2D eigenvalue weighted by atomic mass is 10.2. The van der Waals surface area contributed by atoms with Gasteiger partial charge < -0.3 is 10.1 Å². The van der Waals surface area contributed by atoms with E-state index in [9.17, 15) is 0 Å². The topological polar surface area (TPSA) is 21.3 Å². The van der Waals surface area contributed by atoms with Crippen LogP contribution in [0.1, 0.15) is 16.7 Å². The third-order valence-corrected chi connectivity index (χ3v) is 3.93. The van der Waals surface area contributed by atoms with Crippen molar-refractivity contribution >= 4 is 11.6 Å². The van der Waals surface area contributed by atoms with Gasteiger partial charge in [-0.1, -0.05) is 66.2 Å². The fourth-order valence-corrected chi connectivity index (χ4v) is 2.70. The highest BCUT2D eigenvalue weighted by Gasteiger charge is 1.99. The lowest BCUT2D eigenvalue weighted by Crippen LogP contribution is -2.12. The second kappa shape index (κ2) is 8.53. The van der Waals surface area contributed by atoms with E-state index in [0.717, 1.165) is 23.9 Å². The summed E-state index contributed by atoms with van der Waals surface area (Å²) in [6.45, 7) is 2.16. The summed E-state index contributed by atoms with van der Waals surface area (Å²) in [5.74, 6) is 0.890. The first-order chi connectivity index (χ1) is 11.8. The molecule has 3 rings (SSSR count). The van der Waals surface area contributed by atoms with Crippen molar-refractivity contribution in [1.82, 2.24) is 5.32 Å². The van der Waals surface area contributed by atoms with E-state index in [0.29, 0.717) is 6.61 Å². The molecule has 3 heteroatoms. The Morgan fingerprint density at radius 2 is 1.38 bits per heavy atom. The Labute approximate surface area is 148 Å². The number of hydrogen-bond donors (Lipinski definition) is 1. The molecule has 0 radical (unpaired) electrons. The van der Waals surface area contributed by atoms with Gasteiger partial charge in [-0.2, -0.15) is 0 Å². The van der Waals surface area contributed by atoms with Crippen molar-refractivity contribution in [2.24, 2.45) is 0 Å². The van der Waals surface area contributed by atoms with Crippen LogP contribution in [0.5, 0.6) is 5.75 Å². The molecule has 0 amide bonds. The van der Waals surface area contributed by atoms with Crippen LogP contribution < -0.4 is 10.1 Å². The Morgan fingerprint density at radius 3 is 2.12 bits per heavy atom. The summed E-state index contributed by atoms with van der Waals surface area (Å²) < 4.78 is 5.87. The Hall–Kier alpha value is -2.29. The van der Waals surface area contributed by atoms with Crippen molar-refractivity contribution in [1.29, 1.82) is 0 Å². The predicted molar refractivity (Wildman–Crippen MR) is 99.2 cm³/mol. The van der Waals surface area contributed by atoms with Gasteiger partial charge in [0.2, 0.25) is 0 Å². The van der Waals surface area contributed by atoms with Gasteiger partial charge in [-0.15, -0.1) is 0 Å². The molecule has 0 fully saturated rings. The standard InChI is InChI=1S/C21H20ClNO/c22-20-10-4-8-18(12-20)14-23-15-19-9-5-11-21(13-19)24-16-17-6-2-1-3-7-17/h1-13,23H,14-16H2. The van der Waals surface area contributed by atoms with Crippen LogP contribution in [-0.2, 0) is 19.7 Å². The number of hydrogen-bond acceptors (Lipinski definition) is 2. The van der Waals surface area contributed by atoms with Gasteiger partial charge in [-0.3, -0.25) is 0 Å². The minimum absolute atomic E-state index is 0.584. The summed E-state index contributed by atoms with van der Waals surface area (Å²) in [6.07, 6.45) is 0. The number of benzene rings is 3. The quantitative estimate of drug-likeness (QED) is 0.639. The maximum Gasteiger partial charge on any atom is 0.120 e. The highest BCUT2D eigenvalue weighted by atomic mass is 35.5. The van der Waals surface area contributed by atoms with Crippen LogP contribution in [-0.4, -0.2) is 0 Å². The molecule has 0 atom stereocenters. The van der Waals surface area contributed by atoms with Crippen LogP contribution in [0.2, 0.25) is 5.02 Å². The third-order valence-electron chi connectivity index (χ3n) is 3.69. The van der Waals surface area contributed by atoms with Gasteiger partial charge in [0, 0.05) is 18.1 Å². The van der Waals surface area contributed by atoms with E-state index in [1.807, 2.05) is 48.5 Å². The van der Waals surface area contributed by atoms with Gasteiger partial charge in [0.25, 0.3) is 0 Å². The summed E-state index contributed by atoms with van der Waals surface area (Å²) in [5, 5.41) is 4.20. The molecule has 0 spiro atoms. The minimum Gasteiger partial charge on any atom is -0.489 e. The second-order valence-electron chi connectivity index (χ2n) is 5.66. The summed E-state index contributed by atoms with van der Waals surface area (Å²) in [4.78, 5) is 0. The van der Waals surface area contributed by atoms with E-state index < -0.39 is 0 Å². The first kappa shape index (κ1) is 16.6. The molecule has 2 nitrogen and oxygen atoms in total. The molecule has 3 aromatic rings. The summed E-state index contributed by atoms with van der Waals surface area (Å²) >= 11 is 6.00. The maximum atomic E-state index is 6.00.